The van der Waals surface area contributed by atoms with Gasteiger partial charge in [0.25, 0.3) is 0 Å². The van der Waals surface area contributed by atoms with Crippen LogP contribution in [0.4, 0.5) is 5.95 Å². The van der Waals surface area contributed by atoms with Gasteiger partial charge >= 0.3 is 0 Å². The topological polar surface area (TPSA) is 84.1 Å². The second kappa shape index (κ2) is 7.14. The summed E-state index contributed by atoms with van der Waals surface area (Å²) in [7, 11) is 0. The summed E-state index contributed by atoms with van der Waals surface area (Å²) in [6.45, 7) is 2.27. The standard InChI is InChI=1S/C13H19N5OS/c14-12(20)10-4-6-15-13(17-10)16-7-5-11(19)18-8-2-1-3-9-18/h4,6H,1-3,5,7-9H2,(H2,14,20)(H,15,16,17). The molecule has 0 radical (unpaired) electrons. The highest BCUT2D eigenvalue weighted by atomic mass is 32.1. The number of amides is 1. The summed E-state index contributed by atoms with van der Waals surface area (Å²) in [5, 5.41) is 3.03. The molecule has 1 amide bonds. The molecule has 1 aliphatic heterocycles. The molecular formula is C13H19N5OS. The number of nitrogens with zero attached hydrogens (tertiary/aromatic N) is 3. The van der Waals surface area contributed by atoms with Crippen LogP contribution < -0.4 is 11.1 Å². The molecule has 1 aliphatic rings. The maximum Gasteiger partial charge on any atom is 0.224 e. The van der Waals surface area contributed by atoms with Gasteiger partial charge in [-0.2, -0.15) is 0 Å². The van der Waals surface area contributed by atoms with Gasteiger partial charge in [0, 0.05) is 32.3 Å². The average Bonchev–Trinajstić information content (AvgIpc) is 2.48. The molecule has 0 atom stereocenters. The molecule has 0 saturated carbocycles. The minimum atomic E-state index is 0.183. The molecule has 3 N–H and O–H groups in total. The van der Waals surface area contributed by atoms with Crippen molar-refractivity contribution in [1.29, 1.82) is 0 Å². The number of nitrogens with one attached hydrogen (secondary N) is 1. The highest BCUT2D eigenvalue weighted by Crippen LogP contribution is 2.10. The number of anilines is 1. The Kier molecular flexibility index (Phi) is 5.23. The van der Waals surface area contributed by atoms with E-state index in [1.165, 1.54) is 6.42 Å². The predicted molar refractivity (Wildman–Crippen MR) is 81.5 cm³/mol. The molecule has 1 aromatic rings. The van der Waals surface area contributed by atoms with Crippen molar-refractivity contribution in [1.82, 2.24) is 14.9 Å². The first-order chi connectivity index (χ1) is 9.66. The van der Waals surface area contributed by atoms with Gasteiger partial charge in [0.05, 0.1) is 0 Å². The number of hydrogen-bond acceptors (Lipinski definition) is 5. The van der Waals surface area contributed by atoms with E-state index in [1.54, 1.807) is 12.3 Å². The zero-order valence-corrected chi connectivity index (χ0v) is 12.2. The van der Waals surface area contributed by atoms with Gasteiger partial charge in [0.1, 0.15) is 10.7 Å². The van der Waals surface area contributed by atoms with Crippen LogP contribution in [0.25, 0.3) is 0 Å². The second-order valence-electron chi connectivity index (χ2n) is 4.75. The fourth-order valence-electron chi connectivity index (χ4n) is 2.16. The quantitative estimate of drug-likeness (QED) is 0.786. The number of carbonyl (C=O) groups excluding carboxylic acids is 1. The van der Waals surface area contributed by atoms with Gasteiger partial charge in [-0.15, -0.1) is 0 Å². The van der Waals surface area contributed by atoms with E-state index in [0.717, 1.165) is 25.9 Å². The molecule has 1 fully saturated rings. The molecule has 0 unspecified atom stereocenters. The Bertz CT molecular complexity index is 487. The fraction of sp³-hybridized carbons (Fsp3) is 0.538. The third-order valence-corrected chi connectivity index (χ3v) is 3.45. The fourth-order valence-corrected chi connectivity index (χ4v) is 2.28. The Morgan fingerprint density at radius 2 is 2.15 bits per heavy atom. The van der Waals surface area contributed by atoms with E-state index in [2.05, 4.69) is 15.3 Å². The Hall–Kier alpha value is -1.76. The van der Waals surface area contributed by atoms with Crippen molar-refractivity contribution in [3.05, 3.63) is 18.0 Å². The zero-order chi connectivity index (χ0) is 14.4. The first kappa shape index (κ1) is 14.6. The molecule has 2 rings (SSSR count). The molecule has 1 saturated heterocycles. The zero-order valence-electron chi connectivity index (χ0n) is 11.3. The number of piperidine rings is 1. The van der Waals surface area contributed by atoms with E-state index in [9.17, 15) is 4.79 Å². The predicted octanol–water partition coefficient (Wildman–Crippen LogP) is 0.925. The van der Waals surface area contributed by atoms with Gasteiger partial charge in [-0.05, 0) is 25.3 Å². The van der Waals surface area contributed by atoms with Crippen molar-refractivity contribution in [2.24, 2.45) is 5.73 Å². The lowest BCUT2D eigenvalue weighted by Crippen LogP contribution is -2.36. The van der Waals surface area contributed by atoms with E-state index in [4.69, 9.17) is 18.0 Å². The number of thiocarbonyl (C=S) groups is 1. The lowest BCUT2D eigenvalue weighted by Gasteiger charge is -2.26. The third-order valence-electron chi connectivity index (χ3n) is 3.24. The minimum Gasteiger partial charge on any atom is -0.388 e. The molecule has 0 bridgehead atoms. The molecule has 0 aliphatic carbocycles. The summed E-state index contributed by atoms with van der Waals surface area (Å²) in [5.41, 5.74) is 6.04. The lowest BCUT2D eigenvalue weighted by molar-refractivity contribution is -0.131. The number of nitrogens with two attached hydrogens (primary N) is 1. The van der Waals surface area contributed by atoms with E-state index < -0.39 is 0 Å². The minimum absolute atomic E-state index is 0.183. The van der Waals surface area contributed by atoms with Crippen molar-refractivity contribution in [2.75, 3.05) is 25.0 Å². The van der Waals surface area contributed by atoms with Crippen molar-refractivity contribution < 1.29 is 4.79 Å². The van der Waals surface area contributed by atoms with E-state index in [-0.39, 0.29) is 10.9 Å². The SMILES string of the molecule is NC(=S)c1ccnc(NCCC(=O)N2CCCCC2)n1. The molecule has 1 aromatic heterocycles. The summed E-state index contributed by atoms with van der Waals surface area (Å²) in [4.78, 5) is 22.4. The van der Waals surface area contributed by atoms with Crippen LogP contribution in [-0.4, -0.2) is 45.4 Å². The van der Waals surface area contributed by atoms with Crippen LogP contribution in [0.5, 0.6) is 0 Å². The summed E-state index contributed by atoms with van der Waals surface area (Å²) in [5.74, 6) is 0.629. The van der Waals surface area contributed by atoms with Crippen LogP contribution in [0, 0.1) is 0 Å². The number of carbonyl (C=O) groups is 1. The summed E-state index contributed by atoms with van der Waals surface area (Å²) >= 11 is 4.86. The van der Waals surface area contributed by atoms with Crippen LogP contribution in [0.1, 0.15) is 31.4 Å². The highest BCUT2D eigenvalue weighted by molar-refractivity contribution is 7.80. The number of aromatic nitrogens is 2. The van der Waals surface area contributed by atoms with Crippen LogP contribution in [-0.2, 0) is 4.79 Å². The smallest absolute Gasteiger partial charge is 0.224 e. The molecule has 0 spiro atoms. The molecular weight excluding hydrogens is 274 g/mol. The number of rotatable bonds is 5. The first-order valence-corrected chi connectivity index (χ1v) is 7.22. The molecule has 20 heavy (non-hydrogen) atoms. The normalized spacial score (nSPS) is 14.9. The van der Waals surface area contributed by atoms with Crippen LogP contribution >= 0.6 is 12.2 Å². The Labute approximate surface area is 123 Å². The Morgan fingerprint density at radius 1 is 1.40 bits per heavy atom. The highest BCUT2D eigenvalue weighted by Gasteiger charge is 2.15. The van der Waals surface area contributed by atoms with E-state index in [1.807, 2.05) is 4.90 Å². The second-order valence-corrected chi connectivity index (χ2v) is 5.19. The monoisotopic (exact) mass is 293 g/mol. The van der Waals surface area contributed by atoms with Crippen molar-refractivity contribution in [2.45, 2.75) is 25.7 Å². The first-order valence-electron chi connectivity index (χ1n) is 6.81. The van der Waals surface area contributed by atoms with Crippen molar-refractivity contribution >= 4 is 29.1 Å². The maximum atomic E-state index is 12.0. The van der Waals surface area contributed by atoms with Crippen LogP contribution in [0.15, 0.2) is 12.3 Å². The van der Waals surface area contributed by atoms with Crippen LogP contribution in [0.3, 0.4) is 0 Å². The third kappa shape index (κ3) is 4.12. The maximum absolute atomic E-state index is 12.0. The van der Waals surface area contributed by atoms with Crippen molar-refractivity contribution in [3.63, 3.8) is 0 Å². The average molecular weight is 293 g/mol. The van der Waals surface area contributed by atoms with Gasteiger partial charge in [0.2, 0.25) is 11.9 Å². The molecule has 108 valence electrons. The molecule has 0 aromatic carbocycles. The number of likely N-dealkylation sites (tertiary alicyclic amines) is 1. The summed E-state index contributed by atoms with van der Waals surface area (Å²) < 4.78 is 0. The number of hydrogen-bond donors (Lipinski definition) is 2. The van der Waals surface area contributed by atoms with Crippen LogP contribution in [0.2, 0.25) is 0 Å². The molecule has 7 heteroatoms. The summed E-state index contributed by atoms with van der Waals surface area (Å²) in [6.07, 6.45) is 5.48. The molecule has 2 heterocycles. The van der Waals surface area contributed by atoms with Gasteiger partial charge < -0.3 is 16.0 Å². The van der Waals surface area contributed by atoms with E-state index >= 15 is 0 Å². The molecule has 6 nitrogen and oxygen atoms in total. The summed E-state index contributed by atoms with van der Waals surface area (Å²) in [6, 6.07) is 1.66. The van der Waals surface area contributed by atoms with Gasteiger partial charge in [0.15, 0.2) is 0 Å². The van der Waals surface area contributed by atoms with Crippen molar-refractivity contribution in [3.8, 4) is 0 Å². The largest absolute Gasteiger partial charge is 0.388 e. The van der Waals surface area contributed by atoms with E-state index in [0.29, 0.717) is 24.6 Å². The van der Waals surface area contributed by atoms with Gasteiger partial charge in [-0.3, -0.25) is 4.79 Å². The Balaban J connectivity index is 1.79. The van der Waals surface area contributed by atoms with Gasteiger partial charge in [-0.1, -0.05) is 12.2 Å². The van der Waals surface area contributed by atoms with Gasteiger partial charge in [-0.25, -0.2) is 9.97 Å². The lowest BCUT2D eigenvalue weighted by atomic mass is 10.1. The Morgan fingerprint density at radius 3 is 2.85 bits per heavy atom.